The van der Waals surface area contributed by atoms with Gasteiger partial charge in [0.05, 0.1) is 6.42 Å². The summed E-state index contributed by atoms with van der Waals surface area (Å²) in [4.78, 5) is 22.6. The third-order valence-electron chi connectivity index (χ3n) is 3.30. The van der Waals surface area contributed by atoms with E-state index in [-0.39, 0.29) is 18.9 Å². The normalized spacial score (nSPS) is 11.7. The Labute approximate surface area is 129 Å². The molecule has 0 saturated heterocycles. The van der Waals surface area contributed by atoms with Gasteiger partial charge >= 0.3 is 12.1 Å². The van der Waals surface area contributed by atoms with Crippen molar-refractivity contribution in [1.82, 2.24) is 4.57 Å². The van der Waals surface area contributed by atoms with E-state index in [0.29, 0.717) is 22.2 Å². The number of halogens is 3. The van der Waals surface area contributed by atoms with Gasteiger partial charge in [-0.15, -0.1) is 0 Å². The summed E-state index contributed by atoms with van der Waals surface area (Å²) in [7, 11) is 0. The number of carbonyl (C=O) groups excluding carboxylic acids is 1. The standard InChI is InChI=1S/C15H15F3N2O3/c1-9(21)12-7-20(8-14(22)23)13-3-2-10(6-11(12)13)19-5-4-15(16,17)18/h2-3,6-7,19H,4-5,8H2,1H3,(H,22,23). The maximum Gasteiger partial charge on any atom is 0.390 e. The van der Waals surface area contributed by atoms with Crippen LogP contribution in [0.25, 0.3) is 10.9 Å². The van der Waals surface area contributed by atoms with E-state index in [2.05, 4.69) is 5.32 Å². The third kappa shape index (κ3) is 4.24. The SMILES string of the molecule is CC(=O)c1cn(CC(=O)O)c2ccc(NCCC(F)(F)F)cc12. The molecule has 1 heterocycles. The first-order chi connectivity index (χ1) is 10.7. The lowest BCUT2D eigenvalue weighted by molar-refractivity contribution is -0.137. The summed E-state index contributed by atoms with van der Waals surface area (Å²) in [5.41, 5.74) is 1.32. The van der Waals surface area contributed by atoms with Crippen molar-refractivity contribution in [1.29, 1.82) is 0 Å². The van der Waals surface area contributed by atoms with Crippen molar-refractivity contribution in [2.75, 3.05) is 11.9 Å². The number of nitrogens with one attached hydrogen (secondary N) is 1. The molecule has 0 aliphatic carbocycles. The Bertz CT molecular complexity index is 750. The Kier molecular flexibility index (Phi) is 4.63. The molecule has 1 aromatic heterocycles. The number of rotatable bonds is 6. The first kappa shape index (κ1) is 16.9. The lowest BCUT2D eigenvalue weighted by atomic mass is 10.1. The number of nitrogens with zero attached hydrogens (tertiary/aromatic N) is 1. The molecule has 0 amide bonds. The zero-order valence-corrected chi connectivity index (χ0v) is 12.3. The molecule has 0 spiro atoms. The van der Waals surface area contributed by atoms with Gasteiger partial charge in [0.15, 0.2) is 5.78 Å². The Morgan fingerprint density at radius 3 is 2.57 bits per heavy atom. The van der Waals surface area contributed by atoms with Crippen molar-refractivity contribution in [3.05, 3.63) is 30.0 Å². The number of carbonyl (C=O) groups is 2. The largest absolute Gasteiger partial charge is 0.480 e. The van der Waals surface area contributed by atoms with Crippen LogP contribution in [0.3, 0.4) is 0 Å². The van der Waals surface area contributed by atoms with Gasteiger partial charge in [0.1, 0.15) is 6.54 Å². The van der Waals surface area contributed by atoms with Crippen LogP contribution in [0.2, 0.25) is 0 Å². The molecule has 124 valence electrons. The highest BCUT2D eigenvalue weighted by atomic mass is 19.4. The first-order valence-corrected chi connectivity index (χ1v) is 6.83. The molecule has 0 fully saturated rings. The van der Waals surface area contributed by atoms with Crippen molar-refractivity contribution in [3.8, 4) is 0 Å². The van der Waals surface area contributed by atoms with E-state index in [0.717, 1.165) is 0 Å². The van der Waals surface area contributed by atoms with Gasteiger partial charge in [-0.05, 0) is 25.1 Å². The summed E-state index contributed by atoms with van der Waals surface area (Å²) < 4.78 is 37.9. The van der Waals surface area contributed by atoms with Gasteiger partial charge in [0.25, 0.3) is 0 Å². The first-order valence-electron chi connectivity index (χ1n) is 6.83. The van der Waals surface area contributed by atoms with Crippen LogP contribution >= 0.6 is 0 Å². The van der Waals surface area contributed by atoms with Crippen LogP contribution in [0.5, 0.6) is 0 Å². The van der Waals surface area contributed by atoms with E-state index in [9.17, 15) is 22.8 Å². The minimum Gasteiger partial charge on any atom is -0.480 e. The van der Waals surface area contributed by atoms with Crippen molar-refractivity contribution < 1.29 is 27.9 Å². The maximum atomic E-state index is 12.2. The summed E-state index contributed by atoms with van der Waals surface area (Å²) in [5.74, 6) is -1.30. The highest BCUT2D eigenvalue weighted by molar-refractivity contribution is 6.07. The Morgan fingerprint density at radius 2 is 2.00 bits per heavy atom. The number of aliphatic carboxylic acids is 1. The number of hydrogen-bond donors (Lipinski definition) is 2. The number of alkyl halides is 3. The van der Waals surface area contributed by atoms with Crippen molar-refractivity contribution >= 4 is 28.3 Å². The van der Waals surface area contributed by atoms with E-state index < -0.39 is 18.6 Å². The van der Waals surface area contributed by atoms with Crippen LogP contribution in [0.1, 0.15) is 23.7 Å². The molecule has 0 atom stereocenters. The molecule has 2 aromatic rings. The molecule has 0 aliphatic heterocycles. The number of Topliss-reactive ketones (excluding diaryl/α,β-unsaturated/α-hetero) is 1. The van der Waals surface area contributed by atoms with Gasteiger partial charge in [-0.1, -0.05) is 0 Å². The molecule has 23 heavy (non-hydrogen) atoms. The van der Waals surface area contributed by atoms with E-state index in [1.165, 1.54) is 17.7 Å². The highest BCUT2D eigenvalue weighted by Crippen LogP contribution is 2.26. The fourth-order valence-electron chi connectivity index (χ4n) is 2.31. The van der Waals surface area contributed by atoms with Gasteiger partial charge in [-0.3, -0.25) is 9.59 Å². The summed E-state index contributed by atoms with van der Waals surface area (Å²) in [6.45, 7) is 0.772. The van der Waals surface area contributed by atoms with Crippen LogP contribution < -0.4 is 5.32 Å². The zero-order chi connectivity index (χ0) is 17.2. The summed E-state index contributed by atoms with van der Waals surface area (Å²) in [6, 6.07) is 4.70. The molecule has 0 aliphatic rings. The second-order valence-electron chi connectivity index (χ2n) is 5.14. The summed E-state index contributed by atoms with van der Waals surface area (Å²) >= 11 is 0. The molecular formula is C15H15F3N2O3. The van der Waals surface area contributed by atoms with Gasteiger partial charge in [0.2, 0.25) is 0 Å². The zero-order valence-electron chi connectivity index (χ0n) is 12.3. The van der Waals surface area contributed by atoms with Crippen LogP contribution in [0, 0.1) is 0 Å². The second-order valence-corrected chi connectivity index (χ2v) is 5.14. The van der Waals surface area contributed by atoms with E-state index in [1.807, 2.05) is 0 Å². The Hall–Kier alpha value is -2.51. The molecule has 2 rings (SSSR count). The van der Waals surface area contributed by atoms with Gasteiger partial charge in [0, 0.05) is 34.9 Å². The minimum atomic E-state index is -4.24. The number of anilines is 1. The fraction of sp³-hybridized carbons (Fsp3) is 0.333. The van der Waals surface area contributed by atoms with E-state index in [4.69, 9.17) is 5.11 Å². The summed E-state index contributed by atoms with van der Waals surface area (Å²) in [5, 5.41) is 12.1. The topological polar surface area (TPSA) is 71.3 Å². The van der Waals surface area contributed by atoms with Crippen LogP contribution in [0.15, 0.2) is 24.4 Å². The molecular weight excluding hydrogens is 313 g/mol. The van der Waals surface area contributed by atoms with Crippen molar-refractivity contribution in [2.24, 2.45) is 0 Å². The van der Waals surface area contributed by atoms with Crippen LogP contribution in [0.4, 0.5) is 18.9 Å². The Morgan fingerprint density at radius 1 is 1.30 bits per heavy atom. The monoisotopic (exact) mass is 328 g/mol. The number of hydrogen-bond acceptors (Lipinski definition) is 3. The number of carboxylic acid groups (broad SMARTS) is 1. The maximum absolute atomic E-state index is 12.2. The number of aromatic nitrogens is 1. The van der Waals surface area contributed by atoms with Crippen molar-refractivity contribution in [2.45, 2.75) is 26.1 Å². The van der Waals surface area contributed by atoms with Gasteiger partial charge in [-0.25, -0.2) is 0 Å². The molecule has 0 radical (unpaired) electrons. The lowest BCUT2D eigenvalue weighted by Crippen LogP contribution is -2.14. The molecule has 0 unspecified atom stereocenters. The molecule has 8 heteroatoms. The average molecular weight is 328 g/mol. The van der Waals surface area contributed by atoms with Crippen molar-refractivity contribution in [3.63, 3.8) is 0 Å². The molecule has 5 nitrogen and oxygen atoms in total. The lowest BCUT2D eigenvalue weighted by Gasteiger charge is -2.09. The van der Waals surface area contributed by atoms with E-state index >= 15 is 0 Å². The average Bonchev–Trinajstić information content (AvgIpc) is 2.75. The third-order valence-corrected chi connectivity index (χ3v) is 3.30. The highest BCUT2D eigenvalue weighted by Gasteiger charge is 2.26. The number of fused-ring (bicyclic) bond motifs is 1. The quantitative estimate of drug-likeness (QED) is 0.798. The fourth-order valence-corrected chi connectivity index (χ4v) is 2.31. The number of carboxylic acids is 1. The predicted molar refractivity (Wildman–Crippen MR) is 78.7 cm³/mol. The Balaban J connectivity index is 2.32. The minimum absolute atomic E-state index is 0.244. The summed E-state index contributed by atoms with van der Waals surface area (Å²) in [6.07, 6.45) is -3.77. The molecule has 1 aromatic carbocycles. The molecule has 2 N–H and O–H groups in total. The predicted octanol–water partition coefficient (Wildman–Crippen LogP) is 3.29. The van der Waals surface area contributed by atoms with Gasteiger partial charge in [-0.2, -0.15) is 13.2 Å². The van der Waals surface area contributed by atoms with Crippen LogP contribution in [-0.2, 0) is 11.3 Å². The van der Waals surface area contributed by atoms with Crippen LogP contribution in [-0.4, -0.2) is 34.1 Å². The number of ketones is 1. The smallest absolute Gasteiger partial charge is 0.390 e. The molecule has 0 saturated carbocycles. The van der Waals surface area contributed by atoms with Gasteiger partial charge < -0.3 is 15.0 Å². The number of benzene rings is 1. The molecule has 0 bridgehead atoms. The second kappa shape index (κ2) is 6.31. The van der Waals surface area contributed by atoms with E-state index in [1.54, 1.807) is 18.2 Å².